The fourth-order valence-electron chi connectivity index (χ4n) is 3.23. The molecule has 5 heteroatoms. The van der Waals surface area contributed by atoms with Crippen molar-refractivity contribution in [3.05, 3.63) is 29.2 Å². The Morgan fingerprint density at radius 2 is 2.29 bits per heavy atom. The van der Waals surface area contributed by atoms with Crippen LogP contribution in [0, 0.1) is 5.82 Å². The number of hydrogen-bond acceptors (Lipinski definition) is 3. The van der Waals surface area contributed by atoms with Crippen LogP contribution in [0.15, 0.2) is 12.1 Å². The number of aromatic nitrogens is 1. The summed E-state index contributed by atoms with van der Waals surface area (Å²) < 4.78 is 21.6. The Hall–Kier alpha value is -1.59. The van der Waals surface area contributed by atoms with Crippen molar-refractivity contribution < 1.29 is 14.2 Å². The molecule has 0 unspecified atom stereocenters. The van der Waals surface area contributed by atoms with E-state index >= 15 is 0 Å². The van der Waals surface area contributed by atoms with Gasteiger partial charge >= 0.3 is 0 Å². The number of nitrogens with zero attached hydrogens (tertiary/aromatic N) is 1. The molecule has 2 aromatic rings. The summed E-state index contributed by atoms with van der Waals surface area (Å²) in [6.45, 7) is 2.88. The number of aliphatic hydroxyl groups excluding tert-OH is 1. The number of fused-ring (bicyclic) bond motifs is 3. The van der Waals surface area contributed by atoms with Gasteiger partial charge in [-0.15, -0.1) is 0 Å². The van der Waals surface area contributed by atoms with E-state index < -0.39 is 0 Å². The molecule has 0 radical (unpaired) electrons. The zero-order valence-corrected chi connectivity index (χ0v) is 12.2. The summed E-state index contributed by atoms with van der Waals surface area (Å²) in [5.74, 6) is -0.178. The third-order valence-electron chi connectivity index (χ3n) is 4.01. The molecule has 21 heavy (non-hydrogen) atoms. The van der Waals surface area contributed by atoms with Crippen molar-refractivity contribution in [1.82, 2.24) is 4.57 Å². The molecule has 114 valence electrons. The number of nitrogens with two attached hydrogens (primary N) is 1. The number of halogens is 1. The lowest BCUT2D eigenvalue weighted by molar-refractivity contribution is 0.196. The molecule has 0 fully saturated rings. The van der Waals surface area contributed by atoms with Crippen molar-refractivity contribution in [2.45, 2.75) is 38.8 Å². The topological polar surface area (TPSA) is 60.4 Å². The largest absolute Gasteiger partial charge is 0.488 e. The van der Waals surface area contributed by atoms with Crippen molar-refractivity contribution in [1.29, 1.82) is 0 Å². The number of aliphatic hydroxyl groups is 1. The summed E-state index contributed by atoms with van der Waals surface area (Å²) >= 11 is 0. The molecule has 2 heterocycles. The van der Waals surface area contributed by atoms with Crippen LogP contribution < -0.4 is 10.5 Å². The lowest BCUT2D eigenvalue weighted by Gasteiger charge is -2.09. The summed E-state index contributed by atoms with van der Waals surface area (Å²) in [5, 5.41) is 9.86. The van der Waals surface area contributed by atoms with Gasteiger partial charge in [0, 0.05) is 29.7 Å². The lowest BCUT2D eigenvalue weighted by Crippen LogP contribution is -2.18. The standard InChI is InChI=1S/C16H21FN2O2/c1-10(18)7-11-12-8-16(21-6-5-20)13(17)9-15(12)19-4-2-3-14(11)19/h8-10,20H,2-7,18H2,1H3/t10-/m0/s1. The van der Waals surface area contributed by atoms with E-state index in [0.717, 1.165) is 36.7 Å². The molecular formula is C16H21FN2O2. The fraction of sp³-hybridized carbons (Fsp3) is 0.500. The maximum Gasteiger partial charge on any atom is 0.167 e. The second kappa shape index (κ2) is 5.66. The second-order valence-corrected chi connectivity index (χ2v) is 5.73. The highest BCUT2D eigenvalue weighted by Gasteiger charge is 2.23. The molecule has 0 bridgehead atoms. The van der Waals surface area contributed by atoms with Gasteiger partial charge in [-0.05, 0) is 37.8 Å². The minimum Gasteiger partial charge on any atom is -0.488 e. The first-order valence-electron chi connectivity index (χ1n) is 7.44. The Labute approximate surface area is 123 Å². The van der Waals surface area contributed by atoms with Crippen LogP contribution in [0.2, 0.25) is 0 Å². The molecule has 1 aromatic heterocycles. The van der Waals surface area contributed by atoms with Gasteiger partial charge in [0.1, 0.15) is 6.61 Å². The molecule has 4 nitrogen and oxygen atoms in total. The molecule has 3 rings (SSSR count). The zero-order valence-electron chi connectivity index (χ0n) is 12.2. The fourth-order valence-corrected chi connectivity index (χ4v) is 3.23. The molecule has 1 aliphatic rings. The lowest BCUT2D eigenvalue weighted by atomic mass is 10.0. The van der Waals surface area contributed by atoms with Gasteiger partial charge < -0.3 is 20.1 Å². The highest BCUT2D eigenvalue weighted by molar-refractivity contribution is 5.87. The molecule has 3 N–H and O–H groups in total. The van der Waals surface area contributed by atoms with E-state index in [-0.39, 0.29) is 30.8 Å². The quantitative estimate of drug-likeness (QED) is 0.886. The summed E-state index contributed by atoms with van der Waals surface area (Å²) in [4.78, 5) is 0. The van der Waals surface area contributed by atoms with Gasteiger partial charge in [0.15, 0.2) is 11.6 Å². The first-order chi connectivity index (χ1) is 10.1. The van der Waals surface area contributed by atoms with Gasteiger partial charge in [-0.25, -0.2) is 4.39 Å². The van der Waals surface area contributed by atoms with Crippen molar-refractivity contribution in [3.8, 4) is 5.75 Å². The average molecular weight is 292 g/mol. The summed E-state index contributed by atoms with van der Waals surface area (Å²) in [5.41, 5.74) is 9.39. The molecule has 0 saturated carbocycles. The molecule has 0 aliphatic carbocycles. The normalized spacial score (nSPS) is 15.4. The van der Waals surface area contributed by atoms with E-state index in [4.69, 9.17) is 15.6 Å². The first-order valence-corrected chi connectivity index (χ1v) is 7.44. The third-order valence-corrected chi connectivity index (χ3v) is 4.01. The number of rotatable bonds is 5. The summed E-state index contributed by atoms with van der Waals surface area (Å²) in [6, 6.07) is 3.36. The molecule has 1 aliphatic heterocycles. The third kappa shape index (κ3) is 2.51. The minimum atomic E-state index is -0.379. The highest BCUT2D eigenvalue weighted by atomic mass is 19.1. The van der Waals surface area contributed by atoms with Gasteiger partial charge in [0.25, 0.3) is 0 Å². The minimum absolute atomic E-state index is 0.0627. The number of hydrogen-bond donors (Lipinski definition) is 2. The van der Waals surface area contributed by atoms with E-state index in [1.807, 2.05) is 6.92 Å². The Balaban J connectivity index is 2.14. The molecule has 1 atom stereocenters. The van der Waals surface area contributed by atoms with Crippen LogP contribution in [-0.4, -0.2) is 28.9 Å². The Morgan fingerprint density at radius 3 is 3.00 bits per heavy atom. The Bertz CT molecular complexity index is 664. The van der Waals surface area contributed by atoms with E-state index in [0.29, 0.717) is 0 Å². The van der Waals surface area contributed by atoms with Gasteiger partial charge in [0.2, 0.25) is 0 Å². The SMILES string of the molecule is C[C@H](N)Cc1c2n(c3cc(F)c(OCCO)cc13)CCC2. The molecule has 0 saturated heterocycles. The van der Waals surface area contributed by atoms with Crippen LogP contribution in [0.1, 0.15) is 24.6 Å². The van der Waals surface area contributed by atoms with Crippen molar-refractivity contribution in [3.63, 3.8) is 0 Å². The Kier molecular flexibility index (Phi) is 3.87. The van der Waals surface area contributed by atoms with Crippen molar-refractivity contribution >= 4 is 10.9 Å². The second-order valence-electron chi connectivity index (χ2n) is 5.73. The van der Waals surface area contributed by atoms with Crippen LogP contribution in [0.5, 0.6) is 5.75 Å². The van der Waals surface area contributed by atoms with E-state index in [1.54, 1.807) is 12.1 Å². The molecule has 1 aromatic carbocycles. The maximum atomic E-state index is 14.1. The molecular weight excluding hydrogens is 271 g/mol. The number of aryl methyl sites for hydroxylation is 1. The monoisotopic (exact) mass is 292 g/mol. The predicted octanol–water partition coefficient (Wildman–Crippen LogP) is 1.99. The molecule has 0 amide bonds. The van der Waals surface area contributed by atoms with Crippen LogP contribution in [0.25, 0.3) is 10.9 Å². The highest BCUT2D eigenvalue weighted by Crippen LogP contribution is 2.35. The van der Waals surface area contributed by atoms with E-state index in [9.17, 15) is 4.39 Å². The Morgan fingerprint density at radius 1 is 1.48 bits per heavy atom. The summed E-state index contributed by atoms with van der Waals surface area (Å²) in [7, 11) is 0. The summed E-state index contributed by atoms with van der Waals surface area (Å²) in [6.07, 6.45) is 2.90. The van der Waals surface area contributed by atoms with Gasteiger partial charge in [-0.1, -0.05) is 0 Å². The smallest absolute Gasteiger partial charge is 0.167 e. The zero-order chi connectivity index (χ0) is 15.0. The maximum absolute atomic E-state index is 14.1. The van der Waals surface area contributed by atoms with Gasteiger partial charge in [-0.3, -0.25) is 0 Å². The number of ether oxygens (including phenoxy) is 1. The van der Waals surface area contributed by atoms with E-state index in [1.165, 1.54) is 11.3 Å². The predicted molar refractivity (Wildman–Crippen MR) is 80.2 cm³/mol. The van der Waals surface area contributed by atoms with Crippen LogP contribution in [-0.2, 0) is 19.4 Å². The van der Waals surface area contributed by atoms with Crippen molar-refractivity contribution in [2.75, 3.05) is 13.2 Å². The van der Waals surface area contributed by atoms with Crippen LogP contribution >= 0.6 is 0 Å². The number of benzene rings is 1. The van der Waals surface area contributed by atoms with Crippen LogP contribution in [0.4, 0.5) is 4.39 Å². The molecule has 0 spiro atoms. The first kappa shape index (κ1) is 14.4. The van der Waals surface area contributed by atoms with Gasteiger partial charge in [-0.2, -0.15) is 0 Å². The average Bonchev–Trinajstić information content (AvgIpc) is 3.00. The van der Waals surface area contributed by atoms with Crippen molar-refractivity contribution in [2.24, 2.45) is 5.73 Å². The van der Waals surface area contributed by atoms with Crippen LogP contribution in [0.3, 0.4) is 0 Å². The van der Waals surface area contributed by atoms with Gasteiger partial charge in [0.05, 0.1) is 12.1 Å². The van der Waals surface area contributed by atoms with E-state index in [2.05, 4.69) is 4.57 Å².